The van der Waals surface area contributed by atoms with Crippen LogP contribution in [0.2, 0.25) is 10.0 Å². The minimum absolute atomic E-state index is 0.0180. The van der Waals surface area contributed by atoms with E-state index in [0.717, 1.165) is 28.8 Å². The van der Waals surface area contributed by atoms with Crippen molar-refractivity contribution in [1.82, 2.24) is 10.2 Å². The minimum atomic E-state index is -4.88. The lowest BCUT2D eigenvalue weighted by Crippen LogP contribution is -2.44. The second-order valence-electron chi connectivity index (χ2n) is 9.65. The van der Waals surface area contributed by atoms with E-state index >= 15 is 0 Å². The number of carbonyl (C=O) groups excluding carboxylic acids is 1. The van der Waals surface area contributed by atoms with Crippen molar-refractivity contribution in [3.8, 4) is 0 Å². The summed E-state index contributed by atoms with van der Waals surface area (Å²) in [5, 5.41) is 5.68. The van der Waals surface area contributed by atoms with Gasteiger partial charge in [-0.1, -0.05) is 48.3 Å². The molecule has 0 radical (unpaired) electrons. The smallest absolute Gasteiger partial charge is 0.372 e. The number of amides is 1. The molecule has 2 aliphatic heterocycles. The zero-order chi connectivity index (χ0) is 26.6. The number of hydrogen-bond acceptors (Lipinski definition) is 4. The predicted molar refractivity (Wildman–Crippen MR) is 129 cm³/mol. The summed E-state index contributed by atoms with van der Waals surface area (Å²) in [5.74, 6) is -0.860. The molecule has 2 heterocycles. The number of carbonyl (C=O) groups is 1. The molecular formula is C25H25Cl2F4N3O2. The highest BCUT2D eigenvalue weighted by Gasteiger charge is 2.63. The number of rotatable bonds is 4. The van der Waals surface area contributed by atoms with Gasteiger partial charge in [-0.05, 0) is 54.7 Å². The lowest BCUT2D eigenvalue weighted by atomic mass is 9.89. The van der Waals surface area contributed by atoms with Crippen molar-refractivity contribution in [2.24, 2.45) is 11.1 Å². The number of hydrogen-bond donors (Lipinski definition) is 1. The number of nitrogens with zero attached hydrogens (tertiary/aromatic N) is 2. The Kier molecular flexibility index (Phi) is 6.94. The normalized spacial score (nSPS) is 20.3. The molecule has 2 atom stereocenters. The average molecular weight is 546 g/mol. The highest BCUT2D eigenvalue weighted by atomic mass is 35.5. The van der Waals surface area contributed by atoms with E-state index in [1.165, 1.54) is 0 Å². The van der Waals surface area contributed by atoms with E-state index in [2.05, 4.69) is 10.5 Å². The van der Waals surface area contributed by atoms with Gasteiger partial charge in [0.05, 0.1) is 16.5 Å². The van der Waals surface area contributed by atoms with Crippen LogP contribution < -0.4 is 5.32 Å². The Morgan fingerprint density at radius 3 is 2.25 bits per heavy atom. The first-order valence-electron chi connectivity index (χ1n) is 11.4. The summed E-state index contributed by atoms with van der Waals surface area (Å²) in [6.07, 6.45) is -5.52. The molecule has 0 saturated heterocycles. The first-order valence-corrected chi connectivity index (χ1v) is 12.1. The molecule has 2 aromatic rings. The monoisotopic (exact) mass is 545 g/mol. The molecule has 4 rings (SSSR count). The number of aryl methyl sites for hydroxylation is 1. The van der Waals surface area contributed by atoms with Crippen LogP contribution in [0.1, 0.15) is 59.8 Å². The zero-order valence-corrected chi connectivity index (χ0v) is 21.6. The van der Waals surface area contributed by atoms with E-state index < -0.39 is 39.6 Å². The Bertz CT molecular complexity index is 1230. The van der Waals surface area contributed by atoms with E-state index in [9.17, 15) is 22.4 Å². The second-order valence-corrected chi connectivity index (χ2v) is 10.5. The van der Waals surface area contributed by atoms with E-state index in [0.29, 0.717) is 12.1 Å². The second kappa shape index (κ2) is 9.41. The van der Waals surface area contributed by atoms with Crippen LogP contribution in [0.4, 0.5) is 17.6 Å². The third-order valence-corrected chi connectivity index (χ3v) is 7.41. The topological polar surface area (TPSA) is 53.9 Å². The maximum absolute atomic E-state index is 14.3. The molecule has 0 saturated carbocycles. The summed E-state index contributed by atoms with van der Waals surface area (Å²) in [5.41, 5.74) is -0.284. The van der Waals surface area contributed by atoms with Gasteiger partial charge in [-0.3, -0.25) is 4.79 Å². The van der Waals surface area contributed by atoms with Gasteiger partial charge in [0.1, 0.15) is 5.84 Å². The minimum Gasteiger partial charge on any atom is -0.372 e. The van der Waals surface area contributed by atoms with Crippen LogP contribution in [-0.2, 0) is 23.5 Å². The standard InChI is InChI=1S/C25H25Cl2F4N3O2/c1-12(2)14(4)32-23(35)18-6-16-11-34(10-15(16)5-13(18)3)21-9-24(36-33-21,25(29,30)31)17-7-19(26)22(28)20(27)8-17/h5-8,12,14H,9-11H2,1-4H3,(H,32,35). The van der Waals surface area contributed by atoms with Crippen molar-refractivity contribution in [2.45, 2.75) is 65.0 Å². The first-order chi connectivity index (χ1) is 16.7. The molecule has 0 spiro atoms. The fraction of sp³-hybridized carbons (Fsp3) is 0.440. The highest BCUT2D eigenvalue weighted by Crippen LogP contribution is 2.50. The molecule has 2 aliphatic rings. The van der Waals surface area contributed by atoms with Crippen LogP contribution in [0.5, 0.6) is 0 Å². The van der Waals surface area contributed by atoms with Gasteiger partial charge < -0.3 is 15.1 Å². The van der Waals surface area contributed by atoms with Crippen molar-refractivity contribution in [1.29, 1.82) is 0 Å². The first kappa shape index (κ1) is 26.5. The molecule has 2 aromatic carbocycles. The van der Waals surface area contributed by atoms with Gasteiger partial charge >= 0.3 is 6.18 Å². The van der Waals surface area contributed by atoms with Crippen molar-refractivity contribution < 1.29 is 27.2 Å². The number of halogens is 6. The summed E-state index contributed by atoms with van der Waals surface area (Å²) in [6.45, 7) is 8.35. The number of nitrogens with one attached hydrogen (secondary N) is 1. The third-order valence-electron chi connectivity index (χ3n) is 6.86. The quantitative estimate of drug-likeness (QED) is 0.342. The van der Waals surface area contributed by atoms with E-state index in [1.807, 2.05) is 33.8 Å². The van der Waals surface area contributed by atoms with Crippen molar-refractivity contribution >= 4 is 34.9 Å². The van der Waals surface area contributed by atoms with Crippen molar-refractivity contribution in [3.63, 3.8) is 0 Å². The summed E-state index contributed by atoms with van der Waals surface area (Å²) in [6, 6.07) is 5.35. The third kappa shape index (κ3) is 4.63. The fourth-order valence-electron chi connectivity index (χ4n) is 4.30. The maximum atomic E-state index is 14.3. The molecule has 11 heteroatoms. The Balaban J connectivity index is 1.58. The van der Waals surface area contributed by atoms with Crippen molar-refractivity contribution in [2.75, 3.05) is 0 Å². The number of oxime groups is 1. The van der Waals surface area contributed by atoms with Crippen LogP contribution in [0, 0.1) is 18.7 Å². The molecule has 1 N–H and O–H groups in total. The van der Waals surface area contributed by atoms with E-state index in [1.54, 1.807) is 11.0 Å². The lowest BCUT2D eigenvalue weighted by molar-refractivity contribution is -0.275. The molecule has 2 unspecified atom stereocenters. The van der Waals surface area contributed by atoms with Gasteiger partial charge in [0, 0.05) is 30.3 Å². The van der Waals surface area contributed by atoms with Crippen molar-refractivity contribution in [3.05, 3.63) is 67.9 Å². The summed E-state index contributed by atoms with van der Waals surface area (Å²) in [4.78, 5) is 19.5. The van der Waals surface area contributed by atoms with Crippen LogP contribution >= 0.6 is 23.2 Å². The van der Waals surface area contributed by atoms with Gasteiger partial charge in [0.2, 0.25) is 0 Å². The summed E-state index contributed by atoms with van der Waals surface area (Å²) >= 11 is 11.5. The Labute approximate surface area is 216 Å². The van der Waals surface area contributed by atoms with Gasteiger partial charge in [-0.15, -0.1) is 0 Å². The molecule has 194 valence electrons. The lowest BCUT2D eigenvalue weighted by Gasteiger charge is -2.30. The van der Waals surface area contributed by atoms with E-state index in [-0.39, 0.29) is 30.2 Å². The SMILES string of the molecule is Cc1cc2c(cc1C(=O)NC(C)C(C)C)CN(C1=NOC(c3cc(Cl)c(F)c(Cl)c3)(C(F)(F)F)C1)C2. The molecular weight excluding hydrogens is 521 g/mol. The van der Waals surface area contributed by atoms with Crippen LogP contribution in [0.3, 0.4) is 0 Å². The van der Waals surface area contributed by atoms with Gasteiger partial charge in [0.25, 0.3) is 11.5 Å². The molecule has 1 amide bonds. The number of benzene rings is 2. The van der Waals surface area contributed by atoms with Crippen LogP contribution in [0.15, 0.2) is 29.4 Å². The Morgan fingerprint density at radius 2 is 1.69 bits per heavy atom. The summed E-state index contributed by atoms with van der Waals surface area (Å²) < 4.78 is 56.8. The number of alkyl halides is 3. The summed E-state index contributed by atoms with van der Waals surface area (Å²) in [7, 11) is 0. The zero-order valence-electron chi connectivity index (χ0n) is 20.1. The maximum Gasteiger partial charge on any atom is 0.435 e. The molecule has 0 bridgehead atoms. The Morgan fingerprint density at radius 1 is 1.11 bits per heavy atom. The number of fused-ring (bicyclic) bond motifs is 1. The predicted octanol–water partition coefficient (Wildman–Crippen LogP) is 6.72. The van der Waals surface area contributed by atoms with Crippen LogP contribution in [-0.4, -0.2) is 28.9 Å². The largest absolute Gasteiger partial charge is 0.435 e. The molecule has 0 fully saturated rings. The van der Waals surface area contributed by atoms with Gasteiger partial charge in [-0.2, -0.15) is 13.2 Å². The van der Waals surface area contributed by atoms with Gasteiger partial charge in [0.15, 0.2) is 5.82 Å². The van der Waals surface area contributed by atoms with Crippen LogP contribution in [0.25, 0.3) is 0 Å². The highest BCUT2D eigenvalue weighted by molar-refractivity contribution is 6.35. The molecule has 36 heavy (non-hydrogen) atoms. The Hall–Kier alpha value is -2.52. The molecule has 5 nitrogen and oxygen atoms in total. The molecule has 0 aliphatic carbocycles. The van der Waals surface area contributed by atoms with Gasteiger partial charge in [-0.25, -0.2) is 4.39 Å². The van der Waals surface area contributed by atoms with E-state index in [4.69, 9.17) is 28.0 Å². The average Bonchev–Trinajstić information content (AvgIpc) is 3.41. The fourth-order valence-corrected chi connectivity index (χ4v) is 4.79. The molecule has 0 aromatic heterocycles. The number of amidine groups is 1.